The van der Waals surface area contributed by atoms with E-state index in [9.17, 15) is 4.79 Å². The van der Waals surface area contributed by atoms with Gasteiger partial charge in [-0.3, -0.25) is 10.1 Å². The van der Waals surface area contributed by atoms with Gasteiger partial charge in [0, 0.05) is 16.3 Å². The Balaban J connectivity index is 1.77. The van der Waals surface area contributed by atoms with Gasteiger partial charge in [0.05, 0.1) is 17.4 Å². The molecule has 3 aromatic rings. The molecule has 0 bridgehead atoms. The van der Waals surface area contributed by atoms with Crippen molar-refractivity contribution in [2.75, 3.05) is 5.32 Å². The van der Waals surface area contributed by atoms with Gasteiger partial charge in [-0.25, -0.2) is 4.98 Å². The molecule has 0 aliphatic heterocycles. The highest BCUT2D eigenvalue weighted by atomic mass is 35.5. The molecule has 6 heteroatoms. The molecule has 0 atom stereocenters. The Kier molecular flexibility index (Phi) is 6.14. The molecule has 1 N–H and O–H groups in total. The van der Waals surface area contributed by atoms with Crippen molar-refractivity contribution in [1.29, 1.82) is 0 Å². The van der Waals surface area contributed by atoms with E-state index >= 15 is 0 Å². The van der Waals surface area contributed by atoms with Gasteiger partial charge < -0.3 is 4.74 Å². The van der Waals surface area contributed by atoms with Crippen molar-refractivity contribution in [2.24, 2.45) is 0 Å². The van der Waals surface area contributed by atoms with Crippen LogP contribution in [0, 0.1) is 6.92 Å². The number of ether oxygens (including phenoxy) is 1. The highest BCUT2D eigenvalue weighted by Crippen LogP contribution is 2.29. The Labute approximate surface area is 168 Å². The van der Waals surface area contributed by atoms with Crippen molar-refractivity contribution in [2.45, 2.75) is 33.3 Å². The van der Waals surface area contributed by atoms with Crippen LogP contribution in [0.15, 0.2) is 48.5 Å². The number of nitrogens with one attached hydrogen (secondary N) is 1. The van der Waals surface area contributed by atoms with Gasteiger partial charge in [-0.1, -0.05) is 41.9 Å². The summed E-state index contributed by atoms with van der Waals surface area (Å²) in [6.07, 6.45) is 0.676. The number of carbonyl (C=O) groups excluding carboxylic acids is 1. The first-order valence-electron chi connectivity index (χ1n) is 8.70. The Hall–Kier alpha value is -2.37. The van der Waals surface area contributed by atoms with E-state index in [0.29, 0.717) is 22.9 Å². The molecule has 0 spiro atoms. The normalized spacial score (nSPS) is 10.9. The summed E-state index contributed by atoms with van der Waals surface area (Å²) in [6.45, 7) is 5.80. The van der Waals surface area contributed by atoms with E-state index in [-0.39, 0.29) is 12.0 Å². The molecule has 1 amide bonds. The third kappa shape index (κ3) is 4.87. The molecule has 0 aliphatic rings. The summed E-state index contributed by atoms with van der Waals surface area (Å²) in [4.78, 5) is 18.3. The second kappa shape index (κ2) is 8.55. The molecule has 2 aromatic carbocycles. The zero-order valence-electron chi connectivity index (χ0n) is 15.5. The average Bonchev–Trinajstić information content (AvgIpc) is 2.96. The Bertz CT molecular complexity index is 953. The smallest absolute Gasteiger partial charge is 0.261 e. The second-order valence-corrected chi connectivity index (χ2v) is 7.90. The van der Waals surface area contributed by atoms with E-state index in [0.717, 1.165) is 21.2 Å². The molecule has 4 nitrogen and oxygen atoms in total. The fraction of sp³-hybridized carbons (Fsp3) is 0.238. The van der Waals surface area contributed by atoms with Crippen molar-refractivity contribution in [3.8, 4) is 5.75 Å². The van der Waals surface area contributed by atoms with Gasteiger partial charge in [0.1, 0.15) is 5.75 Å². The number of benzene rings is 2. The van der Waals surface area contributed by atoms with Crippen LogP contribution in [0.2, 0.25) is 5.02 Å². The molecule has 3 rings (SSSR count). The van der Waals surface area contributed by atoms with Crippen molar-refractivity contribution < 1.29 is 9.53 Å². The van der Waals surface area contributed by atoms with Gasteiger partial charge in [-0.05, 0) is 44.5 Å². The summed E-state index contributed by atoms with van der Waals surface area (Å²) in [6, 6.07) is 15.0. The third-order valence-electron chi connectivity index (χ3n) is 3.92. The molecule has 0 saturated carbocycles. The van der Waals surface area contributed by atoms with Crippen molar-refractivity contribution in [3.63, 3.8) is 0 Å². The number of hydrogen-bond donors (Lipinski definition) is 1. The van der Waals surface area contributed by atoms with E-state index in [2.05, 4.69) is 10.3 Å². The number of para-hydroxylation sites is 1. The van der Waals surface area contributed by atoms with Gasteiger partial charge in [0.2, 0.25) is 0 Å². The molecule has 0 fully saturated rings. The molecule has 27 heavy (non-hydrogen) atoms. The number of thiazole rings is 1. The number of rotatable bonds is 6. The zero-order chi connectivity index (χ0) is 19.4. The average molecular weight is 401 g/mol. The summed E-state index contributed by atoms with van der Waals surface area (Å²) in [5, 5.41) is 4.19. The molecule has 140 valence electrons. The molecule has 0 unspecified atom stereocenters. The lowest BCUT2D eigenvalue weighted by atomic mass is 10.1. The zero-order valence-corrected chi connectivity index (χ0v) is 17.0. The molecule has 0 saturated heterocycles. The maximum atomic E-state index is 12.7. The number of carbonyl (C=O) groups is 1. The van der Waals surface area contributed by atoms with Crippen LogP contribution in [-0.2, 0) is 6.42 Å². The lowest BCUT2D eigenvalue weighted by Gasteiger charge is -2.13. The SMILES string of the molecule is Cc1nc(NC(=O)c2ccccc2OC(C)C)sc1Cc1ccccc1Cl. The van der Waals surface area contributed by atoms with Crippen molar-refractivity contribution in [3.05, 3.63) is 75.3 Å². The number of halogens is 1. The van der Waals surface area contributed by atoms with Crippen LogP contribution in [0.4, 0.5) is 5.13 Å². The van der Waals surface area contributed by atoms with Crippen LogP contribution < -0.4 is 10.1 Å². The van der Waals surface area contributed by atoms with E-state index in [1.165, 1.54) is 11.3 Å². The highest BCUT2D eigenvalue weighted by molar-refractivity contribution is 7.15. The molecule has 0 radical (unpaired) electrons. The summed E-state index contributed by atoms with van der Waals surface area (Å²) < 4.78 is 5.73. The van der Waals surface area contributed by atoms with Crippen molar-refractivity contribution in [1.82, 2.24) is 4.98 Å². The molecule has 1 aromatic heterocycles. The van der Waals surface area contributed by atoms with Crippen LogP contribution in [0.25, 0.3) is 0 Å². The van der Waals surface area contributed by atoms with Crippen molar-refractivity contribution >= 4 is 34.0 Å². The number of hydrogen-bond acceptors (Lipinski definition) is 4. The molecule has 0 aliphatic carbocycles. The standard InChI is InChI=1S/C21H21ClN2O2S/c1-13(2)26-18-11-7-5-9-16(18)20(25)24-21-23-14(3)19(27-21)12-15-8-4-6-10-17(15)22/h4-11,13H,12H2,1-3H3,(H,23,24,25). The Morgan fingerprint density at radius 2 is 1.89 bits per heavy atom. The lowest BCUT2D eigenvalue weighted by Crippen LogP contribution is -2.15. The number of nitrogens with zero attached hydrogens (tertiary/aromatic N) is 1. The number of aromatic nitrogens is 1. The summed E-state index contributed by atoms with van der Waals surface area (Å²) in [7, 11) is 0. The van der Waals surface area contributed by atoms with Gasteiger partial charge in [-0.2, -0.15) is 0 Å². The van der Waals surface area contributed by atoms with E-state index < -0.39 is 0 Å². The summed E-state index contributed by atoms with van der Waals surface area (Å²) >= 11 is 7.72. The first-order valence-corrected chi connectivity index (χ1v) is 9.90. The maximum Gasteiger partial charge on any atom is 0.261 e. The minimum Gasteiger partial charge on any atom is -0.490 e. The van der Waals surface area contributed by atoms with Gasteiger partial charge in [0.25, 0.3) is 5.91 Å². The van der Waals surface area contributed by atoms with Crippen LogP contribution in [0.1, 0.15) is 40.3 Å². The van der Waals surface area contributed by atoms with E-state index in [4.69, 9.17) is 16.3 Å². The van der Waals surface area contributed by atoms with Gasteiger partial charge >= 0.3 is 0 Å². The maximum absolute atomic E-state index is 12.7. The van der Waals surface area contributed by atoms with Gasteiger partial charge in [0.15, 0.2) is 5.13 Å². The predicted octanol–water partition coefficient (Wildman–Crippen LogP) is 5.74. The van der Waals surface area contributed by atoms with Crippen LogP contribution in [0.3, 0.4) is 0 Å². The van der Waals surface area contributed by atoms with E-state index in [1.807, 2.05) is 57.2 Å². The van der Waals surface area contributed by atoms with Crippen LogP contribution in [0.5, 0.6) is 5.75 Å². The number of aryl methyl sites for hydroxylation is 1. The second-order valence-electron chi connectivity index (χ2n) is 6.41. The lowest BCUT2D eigenvalue weighted by molar-refractivity contribution is 0.102. The first-order chi connectivity index (χ1) is 12.9. The highest BCUT2D eigenvalue weighted by Gasteiger charge is 2.16. The predicted molar refractivity (Wildman–Crippen MR) is 111 cm³/mol. The largest absolute Gasteiger partial charge is 0.490 e. The number of anilines is 1. The van der Waals surface area contributed by atoms with Crippen LogP contribution in [-0.4, -0.2) is 17.0 Å². The fourth-order valence-corrected chi connectivity index (χ4v) is 3.82. The fourth-order valence-electron chi connectivity index (χ4n) is 2.64. The third-order valence-corrected chi connectivity index (χ3v) is 5.36. The van der Waals surface area contributed by atoms with E-state index in [1.54, 1.807) is 12.1 Å². The number of amides is 1. The Morgan fingerprint density at radius 1 is 1.19 bits per heavy atom. The summed E-state index contributed by atoms with van der Waals surface area (Å²) in [5.41, 5.74) is 2.42. The minimum absolute atomic E-state index is 0.0109. The molecular weight excluding hydrogens is 380 g/mol. The molecular formula is C21H21ClN2O2S. The molecule has 1 heterocycles. The Morgan fingerprint density at radius 3 is 2.63 bits per heavy atom. The van der Waals surface area contributed by atoms with Gasteiger partial charge in [-0.15, -0.1) is 11.3 Å². The first kappa shape index (κ1) is 19.4. The topological polar surface area (TPSA) is 51.2 Å². The van der Waals surface area contributed by atoms with Crippen LogP contribution >= 0.6 is 22.9 Å². The quantitative estimate of drug-likeness (QED) is 0.574. The minimum atomic E-state index is -0.232. The summed E-state index contributed by atoms with van der Waals surface area (Å²) in [5.74, 6) is 0.332. The monoisotopic (exact) mass is 400 g/mol.